The van der Waals surface area contributed by atoms with Crippen molar-refractivity contribution in [3.05, 3.63) is 34.5 Å². The monoisotopic (exact) mass is 397 g/mol. The van der Waals surface area contributed by atoms with E-state index in [0.717, 1.165) is 51.6 Å². The van der Waals surface area contributed by atoms with Crippen LogP contribution in [-0.4, -0.2) is 46.3 Å². The molecule has 150 valence electrons. The zero-order chi connectivity index (χ0) is 18.3. The van der Waals surface area contributed by atoms with Crippen LogP contribution in [0, 0.1) is 5.82 Å². The molecule has 1 saturated heterocycles. The summed E-state index contributed by atoms with van der Waals surface area (Å²) in [5.74, 6) is -0.363. The molecule has 0 spiro atoms. The number of fused-ring (bicyclic) bond motifs is 1. The van der Waals surface area contributed by atoms with Crippen LogP contribution in [0.1, 0.15) is 51.5 Å². The van der Waals surface area contributed by atoms with Gasteiger partial charge in [-0.05, 0) is 57.6 Å². The summed E-state index contributed by atoms with van der Waals surface area (Å²) in [6, 6.07) is 5.03. The molecule has 1 aromatic heterocycles. The Kier molecular flexibility index (Phi) is 5.99. The zero-order valence-corrected chi connectivity index (χ0v) is 16.9. The summed E-state index contributed by atoms with van der Waals surface area (Å²) in [4.78, 5) is 17.7. The largest absolute Gasteiger partial charge is 0.381 e. The number of aromatic amines is 1. The number of hydrogen-bond acceptors (Lipinski definition) is 3. The van der Waals surface area contributed by atoms with Gasteiger partial charge in [-0.15, -0.1) is 12.4 Å². The quantitative estimate of drug-likeness (QED) is 0.855. The molecule has 1 saturated carbocycles. The molecule has 4 rings (SSSR count). The fourth-order valence-corrected chi connectivity index (χ4v) is 4.91. The van der Waals surface area contributed by atoms with Gasteiger partial charge in [0, 0.05) is 31.8 Å². The highest BCUT2D eigenvalue weighted by atomic mass is 35.5. The minimum Gasteiger partial charge on any atom is -0.381 e. The van der Waals surface area contributed by atoms with Crippen molar-refractivity contribution in [1.82, 2.24) is 14.5 Å². The molecule has 0 amide bonds. The lowest BCUT2D eigenvalue weighted by Crippen LogP contribution is -2.52. The third-order valence-corrected chi connectivity index (χ3v) is 6.64. The van der Waals surface area contributed by atoms with E-state index >= 15 is 0 Å². The Labute approximate surface area is 165 Å². The maximum absolute atomic E-state index is 14.0. The Balaban J connectivity index is 0.00000210. The number of halogens is 2. The Morgan fingerprint density at radius 1 is 1.19 bits per heavy atom. The van der Waals surface area contributed by atoms with Crippen LogP contribution in [0.3, 0.4) is 0 Å². The smallest absolute Gasteiger partial charge is 0.326 e. The molecule has 27 heavy (non-hydrogen) atoms. The summed E-state index contributed by atoms with van der Waals surface area (Å²) in [5, 5.41) is 0. The van der Waals surface area contributed by atoms with E-state index in [9.17, 15) is 9.18 Å². The molecule has 1 aromatic carbocycles. The number of nitrogens with zero attached hydrogens (tertiary/aromatic N) is 2. The van der Waals surface area contributed by atoms with Gasteiger partial charge in [0.25, 0.3) is 0 Å². The number of rotatable bonds is 3. The summed E-state index contributed by atoms with van der Waals surface area (Å²) in [7, 11) is 1.81. The zero-order valence-electron chi connectivity index (χ0n) is 16.0. The Bertz CT molecular complexity index is 833. The van der Waals surface area contributed by atoms with Gasteiger partial charge in [0.15, 0.2) is 0 Å². The second-order valence-corrected chi connectivity index (χ2v) is 8.08. The molecule has 0 radical (unpaired) electrons. The number of H-pyrrole nitrogens is 1. The number of hydrogen-bond donors (Lipinski definition) is 1. The first-order chi connectivity index (χ1) is 12.5. The summed E-state index contributed by atoms with van der Waals surface area (Å²) < 4.78 is 21.2. The topological polar surface area (TPSA) is 50.3 Å². The van der Waals surface area contributed by atoms with Crippen LogP contribution in [0.4, 0.5) is 4.39 Å². The van der Waals surface area contributed by atoms with Crippen molar-refractivity contribution in [3.63, 3.8) is 0 Å². The van der Waals surface area contributed by atoms with Crippen molar-refractivity contribution < 1.29 is 9.13 Å². The number of ether oxygens (including phenoxy) is 1. The second kappa shape index (κ2) is 7.94. The van der Waals surface area contributed by atoms with Crippen molar-refractivity contribution in [2.45, 2.75) is 63.1 Å². The van der Waals surface area contributed by atoms with Crippen molar-refractivity contribution in [1.29, 1.82) is 0 Å². The fraction of sp³-hybridized carbons (Fsp3) is 0.650. The van der Waals surface area contributed by atoms with Crippen LogP contribution in [-0.2, 0) is 4.74 Å². The third kappa shape index (κ3) is 3.67. The van der Waals surface area contributed by atoms with E-state index in [2.05, 4.69) is 16.8 Å². The number of para-hydroxylation sites is 1. The normalized spacial score (nSPS) is 27.6. The Hall–Kier alpha value is -1.37. The number of benzene rings is 1. The number of likely N-dealkylation sites (tertiary alicyclic amines) is 1. The summed E-state index contributed by atoms with van der Waals surface area (Å²) in [6.45, 7) is 4.33. The van der Waals surface area contributed by atoms with E-state index in [1.165, 1.54) is 6.07 Å². The molecule has 1 N–H and O–H groups in total. The number of piperidine rings is 1. The predicted octanol–water partition coefficient (Wildman–Crippen LogP) is 3.88. The van der Waals surface area contributed by atoms with E-state index in [4.69, 9.17) is 4.74 Å². The van der Waals surface area contributed by atoms with Crippen LogP contribution in [0.15, 0.2) is 23.0 Å². The highest BCUT2D eigenvalue weighted by molar-refractivity contribution is 5.85. The van der Waals surface area contributed by atoms with Crippen molar-refractivity contribution in [2.24, 2.45) is 0 Å². The van der Waals surface area contributed by atoms with Crippen molar-refractivity contribution in [2.75, 3.05) is 20.2 Å². The standard InChI is InChI=1S/C20H28FN3O2.ClH/c1-20(10-6-15(26-2)7-11-20)23-12-8-14(9-13-23)24-17-5-3-4-16(21)18(17)22-19(24)25;/h3-5,14-15H,6-13H2,1-2H3,(H,22,25);1H/t15-,20-;. The number of aromatic nitrogens is 2. The maximum Gasteiger partial charge on any atom is 0.326 e. The van der Waals surface area contributed by atoms with E-state index in [0.29, 0.717) is 17.1 Å². The lowest BCUT2D eigenvalue weighted by Gasteiger charge is -2.48. The number of nitrogens with one attached hydrogen (secondary N) is 1. The Morgan fingerprint density at radius 2 is 1.85 bits per heavy atom. The number of methoxy groups -OCH3 is 1. The van der Waals surface area contributed by atoms with Crippen LogP contribution in [0.2, 0.25) is 0 Å². The van der Waals surface area contributed by atoms with Gasteiger partial charge in [-0.3, -0.25) is 9.47 Å². The molecule has 2 heterocycles. The fourth-order valence-electron chi connectivity index (χ4n) is 4.91. The lowest BCUT2D eigenvalue weighted by molar-refractivity contribution is -0.0146. The molecular weight excluding hydrogens is 369 g/mol. The van der Waals surface area contributed by atoms with Gasteiger partial charge < -0.3 is 9.72 Å². The van der Waals surface area contributed by atoms with E-state index in [1.807, 2.05) is 6.07 Å². The second-order valence-electron chi connectivity index (χ2n) is 8.08. The third-order valence-electron chi connectivity index (χ3n) is 6.64. The van der Waals surface area contributed by atoms with Crippen LogP contribution in [0.25, 0.3) is 11.0 Å². The number of imidazole rings is 1. The molecule has 1 aliphatic heterocycles. The minimum absolute atomic E-state index is 0. The lowest BCUT2D eigenvalue weighted by atomic mass is 9.79. The van der Waals surface area contributed by atoms with E-state index in [-0.39, 0.29) is 35.5 Å². The molecule has 0 bridgehead atoms. The molecule has 5 nitrogen and oxygen atoms in total. The van der Waals surface area contributed by atoms with Crippen LogP contribution in [0.5, 0.6) is 0 Å². The molecule has 2 aliphatic rings. The Morgan fingerprint density at radius 3 is 2.48 bits per heavy atom. The molecule has 7 heteroatoms. The van der Waals surface area contributed by atoms with Gasteiger partial charge in [-0.2, -0.15) is 0 Å². The first-order valence-electron chi connectivity index (χ1n) is 9.68. The first kappa shape index (κ1) is 20.4. The van der Waals surface area contributed by atoms with Crippen molar-refractivity contribution in [3.8, 4) is 0 Å². The van der Waals surface area contributed by atoms with Gasteiger partial charge >= 0.3 is 5.69 Å². The van der Waals surface area contributed by atoms with Gasteiger partial charge in [0.05, 0.1) is 11.6 Å². The van der Waals surface area contributed by atoms with Gasteiger partial charge in [-0.25, -0.2) is 9.18 Å². The summed E-state index contributed by atoms with van der Waals surface area (Å²) in [5.41, 5.74) is 1.04. The van der Waals surface area contributed by atoms with E-state index < -0.39 is 0 Å². The van der Waals surface area contributed by atoms with Crippen LogP contribution < -0.4 is 5.69 Å². The van der Waals surface area contributed by atoms with E-state index in [1.54, 1.807) is 17.7 Å². The first-order valence-corrected chi connectivity index (χ1v) is 9.68. The molecule has 0 atom stereocenters. The average molecular weight is 398 g/mol. The predicted molar refractivity (Wildman–Crippen MR) is 107 cm³/mol. The van der Waals surface area contributed by atoms with Gasteiger partial charge in [-0.1, -0.05) is 6.07 Å². The molecule has 1 aliphatic carbocycles. The van der Waals surface area contributed by atoms with Crippen LogP contribution >= 0.6 is 12.4 Å². The van der Waals surface area contributed by atoms with Gasteiger partial charge in [0.1, 0.15) is 11.3 Å². The van der Waals surface area contributed by atoms with Gasteiger partial charge in [0.2, 0.25) is 0 Å². The summed E-state index contributed by atoms with van der Waals surface area (Å²) in [6.07, 6.45) is 6.81. The maximum atomic E-state index is 14.0. The molecule has 2 aromatic rings. The molecular formula is C20H29ClFN3O2. The highest BCUT2D eigenvalue weighted by Crippen LogP contribution is 2.37. The van der Waals surface area contributed by atoms with Crippen molar-refractivity contribution >= 4 is 23.4 Å². The SMILES string of the molecule is CO[C@H]1CC[C@](C)(N2CCC(n3c(=O)[nH]c4c(F)cccc43)CC2)CC1.Cl. The average Bonchev–Trinajstić information content (AvgIpc) is 3.00. The highest BCUT2D eigenvalue weighted by Gasteiger charge is 2.38. The molecule has 0 unspecified atom stereocenters. The summed E-state index contributed by atoms with van der Waals surface area (Å²) >= 11 is 0. The minimum atomic E-state index is -0.363. The molecule has 2 fully saturated rings.